The average molecular weight is 415 g/mol. The molecule has 4 heterocycles. The fourth-order valence-corrected chi connectivity index (χ4v) is 5.05. The Balaban J connectivity index is 1.53. The molecule has 2 fully saturated rings. The first kappa shape index (κ1) is 21.0. The molecule has 8 nitrogen and oxygen atoms in total. The van der Waals surface area contributed by atoms with Crippen molar-refractivity contribution in [2.24, 2.45) is 5.92 Å². The molecule has 2 aliphatic rings. The van der Waals surface area contributed by atoms with Crippen LogP contribution in [0.5, 0.6) is 0 Å². The van der Waals surface area contributed by atoms with Gasteiger partial charge in [-0.15, -0.1) is 0 Å². The van der Waals surface area contributed by atoms with Gasteiger partial charge >= 0.3 is 5.97 Å². The van der Waals surface area contributed by atoms with Gasteiger partial charge in [0.15, 0.2) is 0 Å². The van der Waals surface area contributed by atoms with Crippen LogP contribution in [0.25, 0.3) is 5.78 Å². The van der Waals surface area contributed by atoms with E-state index in [1.807, 2.05) is 18.4 Å². The van der Waals surface area contributed by atoms with E-state index in [2.05, 4.69) is 31.8 Å². The van der Waals surface area contributed by atoms with Gasteiger partial charge in [0.2, 0.25) is 0 Å². The number of carbonyl (C=O) groups is 1. The van der Waals surface area contributed by atoms with Crippen molar-refractivity contribution in [2.45, 2.75) is 65.3 Å². The highest BCUT2D eigenvalue weighted by atomic mass is 16.5. The predicted molar refractivity (Wildman–Crippen MR) is 116 cm³/mol. The fraction of sp³-hybridized carbons (Fsp3) is 0.727. The normalized spacial score (nSPS) is 21.3. The molecule has 2 aliphatic heterocycles. The Hall–Kier alpha value is -2.22. The molecule has 2 saturated heterocycles. The van der Waals surface area contributed by atoms with Crippen LogP contribution in [-0.4, -0.2) is 69.3 Å². The highest BCUT2D eigenvalue weighted by molar-refractivity contribution is 5.70. The number of aromatic nitrogens is 4. The van der Waals surface area contributed by atoms with Crippen molar-refractivity contribution in [1.82, 2.24) is 24.5 Å². The van der Waals surface area contributed by atoms with Gasteiger partial charge in [0.05, 0.1) is 6.61 Å². The second kappa shape index (κ2) is 9.29. The van der Waals surface area contributed by atoms with E-state index in [1.54, 1.807) is 6.33 Å². The van der Waals surface area contributed by atoms with Crippen LogP contribution in [0, 0.1) is 12.8 Å². The molecule has 0 N–H and O–H groups in total. The summed E-state index contributed by atoms with van der Waals surface area (Å²) in [4.78, 5) is 26.0. The lowest BCUT2D eigenvalue weighted by atomic mass is 9.95. The summed E-state index contributed by atoms with van der Waals surface area (Å²) in [7, 11) is 0. The van der Waals surface area contributed by atoms with Gasteiger partial charge in [0, 0.05) is 43.4 Å². The highest BCUT2D eigenvalue weighted by Crippen LogP contribution is 2.30. The van der Waals surface area contributed by atoms with Crippen LogP contribution in [0.15, 0.2) is 6.33 Å². The monoisotopic (exact) mass is 414 g/mol. The number of ether oxygens (including phenoxy) is 1. The zero-order chi connectivity index (χ0) is 21.1. The third-order valence-corrected chi connectivity index (χ3v) is 6.56. The molecular weight excluding hydrogens is 380 g/mol. The first-order valence-corrected chi connectivity index (χ1v) is 11.4. The standard InChI is InChI=1S/C22H34N6O2/c1-4-30-20(29)8-7-19-17(3)25-22-23-15-24-28(22)21(19)26-12-9-18(10-13-26)27-11-5-6-16(2)14-27/h15-16,18H,4-14H2,1-3H3/t16-/m0/s1. The van der Waals surface area contributed by atoms with Gasteiger partial charge in [-0.25, -0.2) is 4.98 Å². The lowest BCUT2D eigenvalue weighted by Crippen LogP contribution is -2.48. The molecule has 0 saturated carbocycles. The number of esters is 1. The number of fused-ring (bicyclic) bond motifs is 1. The second-order valence-electron chi connectivity index (χ2n) is 8.74. The van der Waals surface area contributed by atoms with E-state index in [0.29, 0.717) is 31.3 Å². The van der Waals surface area contributed by atoms with E-state index >= 15 is 0 Å². The topological polar surface area (TPSA) is 75.9 Å². The van der Waals surface area contributed by atoms with Crippen LogP contribution in [0.2, 0.25) is 0 Å². The summed E-state index contributed by atoms with van der Waals surface area (Å²) in [6.45, 7) is 11.1. The second-order valence-corrected chi connectivity index (χ2v) is 8.74. The van der Waals surface area contributed by atoms with Crippen LogP contribution < -0.4 is 4.90 Å². The van der Waals surface area contributed by atoms with Crippen LogP contribution in [0.3, 0.4) is 0 Å². The van der Waals surface area contributed by atoms with Gasteiger partial charge < -0.3 is 9.64 Å². The molecule has 0 radical (unpaired) electrons. The summed E-state index contributed by atoms with van der Waals surface area (Å²) in [5, 5.41) is 4.45. The molecular formula is C22H34N6O2. The lowest BCUT2D eigenvalue weighted by molar-refractivity contribution is -0.143. The predicted octanol–water partition coefficient (Wildman–Crippen LogP) is 2.63. The van der Waals surface area contributed by atoms with Crippen molar-refractivity contribution in [3.05, 3.63) is 17.6 Å². The third kappa shape index (κ3) is 4.43. The first-order chi connectivity index (χ1) is 14.6. The molecule has 164 valence electrons. The molecule has 2 aromatic rings. The molecule has 0 amide bonds. The van der Waals surface area contributed by atoms with Crippen LogP contribution in [0.1, 0.15) is 57.2 Å². The summed E-state index contributed by atoms with van der Waals surface area (Å²) < 4.78 is 6.98. The highest BCUT2D eigenvalue weighted by Gasteiger charge is 2.30. The van der Waals surface area contributed by atoms with Gasteiger partial charge in [-0.1, -0.05) is 6.92 Å². The first-order valence-electron chi connectivity index (χ1n) is 11.4. The Morgan fingerprint density at radius 3 is 2.77 bits per heavy atom. The Bertz CT molecular complexity index is 874. The molecule has 0 aromatic carbocycles. The SMILES string of the molecule is CCOC(=O)CCc1c(C)nc2ncnn2c1N1CCC(N2CCC[C@H](C)C2)CC1. The van der Waals surface area contributed by atoms with Crippen molar-refractivity contribution in [3.8, 4) is 0 Å². The zero-order valence-corrected chi connectivity index (χ0v) is 18.5. The van der Waals surface area contributed by atoms with Crippen molar-refractivity contribution in [3.63, 3.8) is 0 Å². The summed E-state index contributed by atoms with van der Waals surface area (Å²) in [5.74, 6) is 2.31. The van der Waals surface area contributed by atoms with Gasteiger partial charge in [-0.05, 0) is 58.4 Å². The maximum atomic E-state index is 12.0. The number of hydrogen-bond donors (Lipinski definition) is 0. The van der Waals surface area contributed by atoms with E-state index < -0.39 is 0 Å². The van der Waals surface area contributed by atoms with Gasteiger partial charge in [-0.3, -0.25) is 9.69 Å². The smallest absolute Gasteiger partial charge is 0.306 e. The largest absolute Gasteiger partial charge is 0.466 e. The minimum absolute atomic E-state index is 0.167. The number of hydrogen-bond acceptors (Lipinski definition) is 7. The maximum absolute atomic E-state index is 12.0. The number of nitrogens with zero attached hydrogens (tertiary/aromatic N) is 6. The van der Waals surface area contributed by atoms with Crippen molar-refractivity contribution >= 4 is 17.6 Å². The molecule has 0 bridgehead atoms. The summed E-state index contributed by atoms with van der Waals surface area (Å²) in [5.41, 5.74) is 1.99. The Kier molecular flexibility index (Phi) is 6.51. The summed E-state index contributed by atoms with van der Waals surface area (Å²) in [6, 6.07) is 0.668. The molecule has 1 atom stereocenters. The van der Waals surface area contributed by atoms with Gasteiger partial charge in [0.25, 0.3) is 5.78 Å². The molecule has 0 spiro atoms. The number of anilines is 1. The quantitative estimate of drug-likeness (QED) is 0.673. The van der Waals surface area contributed by atoms with Crippen LogP contribution >= 0.6 is 0 Å². The summed E-state index contributed by atoms with van der Waals surface area (Å²) >= 11 is 0. The Labute approximate surface area is 178 Å². The van der Waals surface area contributed by atoms with Crippen molar-refractivity contribution < 1.29 is 9.53 Å². The number of piperidine rings is 2. The molecule has 2 aromatic heterocycles. The van der Waals surface area contributed by atoms with Crippen molar-refractivity contribution in [1.29, 1.82) is 0 Å². The van der Waals surface area contributed by atoms with Gasteiger partial charge in [-0.2, -0.15) is 14.6 Å². The third-order valence-electron chi connectivity index (χ3n) is 6.56. The van der Waals surface area contributed by atoms with Gasteiger partial charge in [0.1, 0.15) is 12.1 Å². The molecule has 30 heavy (non-hydrogen) atoms. The maximum Gasteiger partial charge on any atom is 0.306 e. The van der Waals surface area contributed by atoms with E-state index in [9.17, 15) is 4.79 Å². The van der Waals surface area contributed by atoms with E-state index in [0.717, 1.165) is 48.9 Å². The van der Waals surface area contributed by atoms with Crippen LogP contribution in [-0.2, 0) is 16.0 Å². The Morgan fingerprint density at radius 2 is 2.03 bits per heavy atom. The number of aryl methyl sites for hydroxylation is 1. The molecule has 4 rings (SSSR count). The van der Waals surface area contributed by atoms with Crippen LogP contribution in [0.4, 0.5) is 5.82 Å². The Morgan fingerprint density at radius 1 is 1.23 bits per heavy atom. The molecule has 0 aliphatic carbocycles. The minimum Gasteiger partial charge on any atom is -0.466 e. The zero-order valence-electron chi connectivity index (χ0n) is 18.5. The number of carbonyl (C=O) groups excluding carboxylic acids is 1. The lowest BCUT2D eigenvalue weighted by Gasteiger charge is -2.42. The average Bonchev–Trinajstić information content (AvgIpc) is 3.20. The van der Waals surface area contributed by atoms with Crippen molar-refractivity contribution in [2.75, 3.05) is 37.7 Å². The minimum atomic E-state index is -0.167. The number of rotatable bonds is 6. The fourth-order valence-electron chi connectivity index (χ4n) is 5.05. The number of likely N-dealkylation sites (tertiary alicyclic amines) is 1. The molecule has 0 unspecified atom stereocenters. The summed E-state index contributed by atoms with van der Waals surface area (Å²) in [6.07, 6.45) is 7.51. The van der Waals surface area contributed by atoms with E-state index in [4.69, 9.17) is 4.74 Å². The van der Waals surface area contributed by atoms with E-state index in [1.165, 1.54) is 25.9 Å². The van der Waals surface area contributed by atoms with E-state index in [-0.39, 0.29) is 5.97 Å². The molecule has 8 heteroatoms.